The third kappa shape index (κ3) is 4.23. The van der Waals surface area contributed by atoms with E-state index in [1.807, 2.05) is 30.3 Å². The fraction of sp³-hybridized carbons (Fsp3) is 0.176. The van der Waals surface area contributed by atoms with Crippen molar-refractivity contribution in [2.45, 2.75) is 6.61 Å². The first-order valence-corrected chi connectivity index (χ1v) is 7.54. The van der Waals surface area contributed by atoms with Crippen molar-refractivity contribution in [3.63, 3.8) is 0 Å². The summed E-state index contributed by atoms with van der Waals surface area (Å²) in [5.41, 5.74) is 1.60. The molecule has 2 aromatic heterocycles. The van der Waals surface area contributed by atoms with E-state index in [0.717, 1.165) is 5.56 Å². The Bertz CT molecular complexity index is 757. The van der Waals surface area contributed by atoms with E-state index in [1.54, 1.807) is 29.4 Å². The highest BCUT2D eigenvalue weighted by atomic mass is 16.5. The van der Waals surface area contributed by atoms with Gasteiger partial charge in [0.25, 0.3) is 5.91 Å². The first kappa shape index (κ1) is 15.8. The summed E-state index contributed by atoms with van der Waals surface area (Å²) in [5, 5.41) is 10.2. The first-order chi connectivity index (χ1) is 11.8. The third-order valence-corrected chi connectivity index (χ3v) is 3.34. The number of pyridine rings is 1. The summed E-state index contributed by atoms with van der Waals surface area (Å²) >= 11 is 0. The van der Waals surface area contributed by atoms with Gasteiger partial charge in [0.15, 0.2) is 0 Å². The lowest BCUT2D eigenvalue weighted by Crippen LogP contribution is -2.27. The standard InChI is InChI=1S/C17H17N5O2/c23-17(18-8-9-24-11-14-4-2-1-3-5-14)15-6-7-16(19-10-15)22-12-20-21-13-22/h1-7,10,12-13H,8-9,11H2,(H,18,23). The summed E-state index contributed by atoms with van der Waals surface area (Å²) in [4.78, 5) is 16.3. The lowest BCUT2D eigenvalue weighted by atomic mass is 10.2. The van der Waals surface area contributed by atoms with E-state index in [1.165, 1.54) is 6.20 Å². The van der Waals surface area contributed by atoms with Gasteiger partial charge in [-0.25, -0.2) is 4.98 Å². The molecule has 0 aliphatic heterocycles. The van der Waals surface area contributed by atoms with Crippen LogP contribution in [-0.4, -0.2) is 38.8 Å². The Morgan fingerprint density at radius 3 is 2.58 bits per heavy atom. The van der Waals surface area contributed by atoms with Gasteiger partial charge in [-0.05, 0) is 17.7 Å². The fourth-order valence-corrected chi connectivity index (χ4v) is 2.10. The predicted octanol–water partition coefficient (Wildman–Crippen LogP) is 1.61. The molecule has 2 heterocycles. The normalized spacial score (nSPS) is 10.5. The molecule has 0 aliphatic carbocycles. The molecule has 24 heavy (non-hydrogen) atoms. The molecule has 0 radical (unpaired) electrons. The molecule has 1 aromatic carbocycles. The van der Waals surface area contributed by atoms with Crippen molar-refractivity contribution in [3.8, 4) is 5.82 Å². The molecule has 3 rings (SSSR count). The van der Waals surface area contributed by atoms with Gasteiger partial charge in [-0.2, -0.15) is 0 Å². The lowest BCUT2D eigenvalue weighted by Gasteiger charge is -2.07. The second kappa shape index (κ2) is 7.98. The average Bonchev–Trinajstić information content (AvgIpc) is 3.17. The minimum atomic E-state index is -0.180. The summed E-state index contributed by atoms with van der Waals surface area (Å²) in [6.07, 6.45) is 4.62. The smallest absolute Gasteiger partial charge is 0.252 e. The maximum atomic E-state index is 12.0. The molecule has 0 saturated carbocycles. The summed E-state index contributed by atoms with van der Waals surface area (Å²) in [5.74, 6) is 0.476. The van der Waals surface area contributed by atoms with Gasteiger partial charge in [-0.1, -0.05) is 30.3 Å². The van der Waals surface area contributed by atoms with E-state index >= 15 is 0 Å². The monoisotopic (exact) mass is 323 g/mol. The predicted molar refractivity (Wildman–Crippen MR) is 87.6 cm³/mol. The van der Waals surface area contributed by atoms with Crippen LogP contribution in [0.5, 0.6) is 0 Å². The Morgan fingerprint density at radius 1 is 1.08 bits per heavy atom. The molecule has 0 fully saturated rings. The number of nitrogens with zero attached hydrogens (tertiary/aromatic N) is 4. The number of benzene rings is 1. The maximum Gasteiger partial charge on any atom is 0.252 e. The number of carbonyl (C=O) groups is 1. The molecule has 0 atom stereocenters. The van der Waals surface area contributed by atoms with Crippen LogP contribution >= 0.6 is 0 Å². The number of amides is 1. The zero-order valence-corrected chi connectivity index (χ0v) is 13.0. The van der Waals surface area contributed by atoms with Crippen LogP contribution in [0.2, 0.25) is 0 Å². The van der Waals surface area contributed by atoms with E-state index < -0.39 is 0 Å². The Morgan fingerprint density at radius 2 is 1.88 bits per heavy atom. The minimum Gasteiger partial charge on any atom is -0.375 e. The number of nitrogens with one attached hydrogen (secondary N) is 1. The van der Waals surface area contributed by atoms with Gasteiger partial charge in [0.2, 0.25) is 0 Å². The highest BCUT2D eigenvalue weighted by molar-refractivity contribution is 5.93. The van der Waals surface area contributed by atoms with Crippen LogP contribution in [0, 0.1) is 0 Å². The van der Waals surface area contributed by atoms with E-state index in [0.29, 0.717) is 31.1 Å². The van der Waals surface area contributed by atoms with Crippen LogP contribution in [0.25, 0.3) is 5.82 Å². The zero-order chi connectivity index (χ0) is 16.6. The van der Waals surface area contributed by atoms with E-state index in [4.69, 9.17) is 4.74 Å². The van der Waals surface area contributed by atoms with Gasteiger partial charge in [0.1, 0.15) is 18.5 Å². The zero-order valence-electron chi connectivity index (χ0n) is 13.0. The topological polar surface area (TPSA) is 81.9 Å². The molecule has 1 N–H and O–H groups in total. The molecular formula is C17H17N5O2. The van der Waals surface area contributed by atoms with Crippen LogP contribution in [0.4, 0.5) is 0 Å². The minimum absolute atomic E-state index is 0.180. The molecule has 122 valence electrons. The Balaban J connectivity index is 1.42. The number of hydrogen-bond acceptors (Lipinski definition) is 5. The van der Waals surface area contributed by atoms with Gasteiger partial charge in [-0.15, -0.1) is 10.2 Å². The van der Waals surface area contributed by atoms with E-state index in [2.05, 4.69) is 20.5 Å². The largest absolute Gasteiger partial charge is 0.375 e. The van der Waals surface area contributed by atoms with E-state index in [-0.39, 0.29) is 5.91 Å². The van der Waals surface area contributed by atoms with Crippen LogP contribution in [-0.2, 0) is 11.3 Å². The van der Waals surface area contributed by atoms with Crippen LogP contribution in [0.15, 0.2) is 61.3 Å². The summed E-state index contributed by atoms with van der Waals surface area (Å²) < 4.78 is 7.19. The molecule has 3 aromatic rings. The fourth-order valence-electron chi connectivity index (χ4n) is 2.10. The SMILES string of the molecule is O=C(NCCOCc1ccccc1)c1ccc(-n2cnnc2)nc1. The van der Waals surface area contributed by atoms with E-state index in [9.17, 15) is 4.79 Å². The Kier molecular flexibility index (Phi) is 5.26. The van der Waals surface area contributed by atoms with Gasteiger partial charge >= 0.3 is 0 Å². The molecule has 0 unspecified atom stereocenters. The third-order valence-electron chi connectivity index (χ3n) is 3.34. The molecule has 1 amide bonds. The summed E-state index contributed by atoms with van der Waals surface area (Å²) in [7, 11) is 0. The number of ether oxygens (including phenoxy) is 1. The lowest BCUT2D eigenvalue weighted by molar-refractivity contribution is 0.0900. The van der Waals surface area contributed by atoms with Crippen LogP contribution in [0.1, 0.15) is 15.9 Å². The molecule has 0 bridgehead atoms. The molecule has 7 heteroatoms. The number of hydrogen-bond donors (Lipinski definition) is 1. The molecule has 7 nitrogen and oxygen atoms in total. The average molecular weight is 323 g/mol. The molecular weight excluding hydrogens is 306 g/mol. The van der Waals surface area contributed by atoms with Crippen molar-refractivity contribution in [1.29, 1.82) is 0 Å². The quantitative estimate of drug-likeness (QED) is 0.668. The Labute approximate surface area is 139 Å². The number of aromatic nitrogens is 4. The Hall–Kier alpha value is -3.06. The van der Waals surface area contributed by atoms with Crippen molar-refractivity contribution >= 4 is 5.91 Å². The highest BCUT2D eigenvalue weighted by Crippen LogP contribution is 2.04. The summed E-state index contributed by atoms with van der Waals surface area (Å²) in [6.45, 7) is 1.43. The van der Waals surface area contributed by atoms with Crippen molar-refractivity contribution in [2.75, 3.05) is 13.2 Å². The van der Waals surface area contributed by atoms with Crippen molar-refractivity contribution < 1.29 is 9.53 Å². The highest BCUT2D eigenvalue weighted by Gasteiger charge is 2.06. The van der Waals surface area contributed by atoms with Gasteiger partial charge < -0.3 is 10.1 Å². The van der Waals surface area contributed by atoms with Gasteiger partial charge in [0.05, 0.1) is 18.8 Å². The maximum absolute atomic E-state index is 12.0. The molecule has 0 saturated heterocycles. The summed E-state index contributed by atoms with van der Waals surface area (Å²) in [6, 6.07) is 13.4. The molecule has 0 aliphatic rings. The second-order valence-electron chi connectivity index (χ2n) is 5.07. The van der Waals surface area contributed by atoms with Gasteiger partial charge in [0, 0.05) is 12.7 Å². The van der Waals surface area contributed by atoms with Crippen molar-refractivity contribution in [2.24, 2.45) is 0 Å². The first-order valence-electron chi connectivity index (χ1n) is 7.54. The number of carbonyl (C=O) groups excluding carboxylic acids is 1. The molecule has 0 spiro atoms. The second-order valence-corrected chi connectivity index (χ2v) is 5.07. The van der Waals surface area contributed by atoms with Crippen molar-refractivity contribution in [1.82, 2.24) is 25.1 Å². The van der Waals surface area contributed by atoms with Gasteiger partial charge in [-0.3, -0.25) is 9.36 Å². The van der Waals surface area contributed by atoms with Crippen molar-refractivity contribution in [3.05, 3.63) is 72.4 Å². The van der Waals surface area contributed by atoms with Crippen LogP contribution in [0.3, 0.4) is 0 Å². The number of rotatable bonds is 7. The van der Waals surface area contributed by atoms with Crippen LogP contribution < -0.4 is 5.32 Å².